The number of aryl methyl sites for hydroxylation is 1. The molecule has 1 aliphatic carbocycles. The fraction of sp³-hybridized carbons (Fsp3) is 0.182. The lowest BCUT2D eigenvalue weighted by atomic mass is 10.0. The predicted molar refractivity (Wildman–Crippen MR) is 108 cm³/mol. The van der Waals surface area contributed by atoms with E-state index >= 15 is 0 Å². The van der Waals surface area contributed by atoms with Crippen molar-refractivity contribution in [3.63, 3.8) is 0 Å². The molecule has 3 aromatic rings. The highest BCUT2D eigenvalue weighted by atomic mass is 16.5. The van der Waals surface area contributed by atoms with Crippen molar-refractivity contribution in [1.29, 1.82) is 0 Å². The van der Waals surface area contributed by atoms with E-state index in [1.54, 1.807) is 18.2 Å². The Morgan fingerprint density at radius 3 is 2.62 bits per heavy atom. The van der Waals surface area contributed by atoms with E-state index in [1.165, 1.54) is 6.07 Å². The molecular formula is C22H19N3O4. The number of esters is 1. The van der Waals surface area contributed by atoms with Crippen LogP contribution < -0.4 is 11.1 Å². The molecule has 0 fully saturated rings. The minimum atomic E-state index is -0.656. The van der Waals surface area contributed by atoms with Gasteiger partial charge >= 0.3 is 5.97 Å². The molecule has 1 aliphatic rings. The lowest BCUT2D eigenvalue weighted by Crippen LogP contribution is -2.23. The number of ether oxygens (including phenoxy) is 1. The SMILES string of the molecule is NC(=O)c1ccccc1NC(=O)COC(=O)c1c2c(nc3ccccc13)CCC2. The van der Waals surface area contributed by atoms with Crippen LogP contribution in [0.3, 0.4) is 0 Å². The number of pyridine rings is 1. The van der Waals surface area contributed by atoms with Crippen molar-refractivity contribution in [3.05, 3.63) is 70.9 Å². The fourth-order valence-corrected chi connectivity index (χ4v) is 3.64. The number of anilines is 1. The summed E-state index contributed by atoms with van der Waals surface area (Å²) in [4.78, 5) is 41.2. The quantitative estimate of drug-likeness (QED) is 0.652. The largest absolute Gasteiger partial charge is 0.452 e. The molecule has 0 unspecified atom stereocenters. The molecule has 4 rings (SSSR count). The zero-order valence-corrected chi connectivity index (χ0v) is 15.6. The summed E-state index contributed by atoms with van der Waals surface area (Å²) >= 11 is 0. The summed E-state index contributed by atoms with van der Waals surface area (Å²) in [5.74, 6) is -1.76. The van der Waals surface area contributed by atoms with Crippen molar-refractivity contribution in [2.75, 3.05) is 11.9 Å². The maximum absolute atomic E-state index is 12.8. The third-order valence-electron chi connectivity index (χ3n) is 4.92. The van der Waals surface area contributed by atoms with Gasteiger partial charge in [-0.3, -0.25) is 14.6 Å². The summed E-state index contributed by atoms with van der Waals surface area (Å²) in [7, 11) is 0. The number of nitrogens with one attached hydrogen (secondary N) is 1. The molecule has 3 N–H and O–H groups in total. The normalized spacial score (nSPS) is 12.4. The van der Waals surface area contributed by atoms with Gasteiger partial charge in [0.05, 0.1) is 22.3 Å². The molecule has 0 saturated heterocycles. The van der Waals surface area contributed by atoms with Crippen molar-refractivity contribution >= 4 is 34.4 Å². The predicted octanol–water partition coefficient (Wildman–Crippen LogP) is 2.62. The van der Waals surface area contributed by atoms with Crippen LogP contribution in [0.15, 0.2) is 48.5 Å². The summed E-state index contributed by atoms with van der Waals surface area (Å²) in [6, 6.07) is 13.8. The average molecular weight is 389 g/mol. The molecule has 0 bridgehead atoms. The number of primary amides is 1. The van der Waals surface area contributed by atoms with Crippen LogP contribution >= 0.6 is 0 Å². The van der Waals surface area contributed by atoms with Crippen molar-refractivity contribution in [2.45, 2.75) is 19.3 Å². The van der Waals surface area contributed by atoms with Gasteiger partial charge in [0, 0.05) is 11.1 Å². The number of rotatable bonds is 5. The van der Waals surface area contributed by atoms with Gasteiger partial charge in [-0.15, -0.1) is 0 Å². The lowest BCUT2D eigenvalue weighted by molar-refractivity contribution is -0.119. The Bertz CT molecular complexity index is 1140. The van der Waals surface area contributed by atoms with E-state index in [2.05, 4.69) is 10.3 Å². The molecule has 0 saturated carbocycles. The highest BCUT2D eigenvalue weighted by molar-refractivity contribution is 6.07. The number of para-hydroxylation sites is 2. The second-order valence-electron chi connectivity index (χ2n) is 6.82. The maximum Gasteiger partial charge on any atom is 0.339 e. The molecule has 0 atom stereocenters. The van der Waals surface area contributed by atoms with Crippen LogP contribution in [0.25, 0.3) is 10.9 Å². The van der Waals surface area contributed by atoms with Gasteiger partial charge in [0.2, 0.25) is 0 Å². The molecule has 2 amide bonds. The Hall–Kier alpha value is -3.74. The smallest absolute Gasteiger partial charge is 0.339 e. The number of amides is 2. The molecule has 7 heteroatoms. The minimum Gasteiger partial charge on any atom is -0.452 e. The van der Waals surface area contributed by atoms with E-state index in [9.17, 15) is 14.4 Å². The number of carbonyl (C=O) groups excluding carboxylic acids is 3. The monoisotopic (exact) mass is 389 g/mol. The highest BCUT2D eigenvalue weighted by Crippen LogP contribution is 2.30. The van der Waals surface area contributed by atoms with Crippen molar-refractivity contribution < 1.29 is 19.1 Å². The topological polar surface area (TPSA) is 111 Å². The van der Waals surface area contributed by atoms with Crippen molar-refractivity contribution in [2.24, 2.45) is 5.73 Å². The fourth-order valence-electron chi connectivity index (χ4n) is 3.64. The van der Waals surface area contributed by atoms with Gasteiger partial charge in [0.25, 0.3) is 11.8 Å². The van der Waals surface area contributed by atoms with E-state index in [4.69, 9.17) is 10.5 Å². The Kier molecular flexibility index (Phi) is 4.95. The molecule has 1 aromatic heterocycles. The standard InChI is InChI=1S/C22H19N3O4/c23-21(27)15-7-2-4-10-18(15)25-19(26)12-29-22(28)20-13-6-1-3-9-16(13)24-17-11-5-8-14(17)20/h1-4,6-7,9-10H,5,8,11-12H2,(H2,23,27)(H,25,26). The van der Waals surface area contributed by atoms with Crippen LogP contribution in [-0.2, 0) is 22.4 Å². The minimum absolute atomic E-state index is 0.185. The molecule has 29 heavy (non-hydrogen) atoms. The van der Waals surface area contributed by atoms with Gasteiger partial charge in [-0.05, 0) is 43.0 Å². The summed E-state index contributed by atoms with van der Waals surface area (Å²) in [5.41, 5.74) is 8.80. The van der Waals surface area contributed by atoms with E-state index in [0.29, 0.717) is 5.56 Å². The number of nitrogens with zero attached hydrogens (tertiary/aromatic N) is 1. The van der Waals surface area contributed by atoms with E-state index < -0.39 is 24.4 Å². The molecule has 0 spiro atoms. The van der Waals surface area contributed by atoms with Crippen LogP contribution in [0.5, 0.6) is 0 Å². The van der Waals surface area contributed by atoms with E-state index in [1.807, 2.05) is 24.3 Å². The zero-order chi connectivity index (χ0) is 20.4. The third-order valence-corrected chi connectivity index (χ3v) is 4.92. The maximum atomic E-state index is 12.8. The van der Waals surface area contributed by atoms with Crippen molar-refractivity contribution in [3.8, 4) is 0 Å². The molecule has 0 radical (unpaired) electrons. The number of hydrogen-bond acceptors (Lipinski definition) is 5. The molecule has 146 valence electrons. The molecule has 2 aromatic carbocycles. The number of nitrogens with two attached hydrogens (primary N) is 1. The first-order valence-electron chi connectivity index (χ1n) is 9.31. The third kappa shape index (κ3) is 3.67. The van der Waals surface area contributed by atoms with Crippen LogP contribution in [0.2, 0.25) is 0 Å². The van der Waals surface area contributed by atoms with Gasteiger partial charge in [-0.2, -0.15) is 0 Å². The number of carbonyl (C=O) groups is 3. The number of hydrogen-bond donors (Lipinski definition) is 2. The van der Waals surface area contributed by atoms with Crippen LogP contribution in [-0.4, -0.2) is 29.4 Å². The second-order valence-corrected chi connectivity index (χ2v) is 6.82. The number of fused-ring (bicyclic) bond motifs is 2. The van der Waals surface area contributed by atoms with Gasteiger partial charge in [-0.1, -0.05) is 30.3 Å². The Morgan fingerprint density at radius 2 is 1.79 bits per heavy atom. The molecule has 0 aliphatic heterocycles. The first-order valence-corrected chi connectivity index (χ1v) is 9.31. The van der Waals surface area contributed by atoms with E-state index in [0.717, 1.165) is 41.4 Å². The summed E-state index contributed by atoms with van der Waals surface area (Å²) < 4.78 is 5.30. The van der Waals surface area contributed by atoms with Gasteiger partial charge in [0.1, 0.15) is 0 Å². The number of aromatic nitrogens is 1. The van der Waals surface area contributed by atoms with Crippen LogP contribution in [0.1, 0.15) is 38.4 Å². The Labute approximate surface area is 166 Å². The molecule has 7 nitrogen and oxygen atoms in total. The van der Waals surface area contributed by atoms with Gasteiger partial charge in [-0.25, -0.2) is 4.79 Å². The van der Waals surface area contributed by atoms with Crippen LogP contribution in [0.4, 0.5) is 5.69 Å². The average Bonchev–Trinajstić information content (AvgIpc) is 3.18. The summed E-state index contributed by atoms with van der Waals surface area (Å²) in [6.45, 7) is -0.475. The van der Waals surface area contributed by atoms with Crippen LogP contribution in [0, 0.1) is 0 Å². The van der Waals surface area contributed by atoms with Crippen molar-refractivity contribution in [1.82, 2.24) is 4.98 Å². The summed E-state index contributed by atoms with van der Waals surface area (Å²) in [6.07, 6.45) is 2.52. The highest BCUT2D eigenvalue weighted by Gasteiger charge is 2.25. The second kappa shape index (κ2) is 7.71. The van der Waals surface area contributed by atoms with E-state index in [-0.39, 0.29) is 11.3 Å². The molecular weight excluding hydrogens is 370 g/mol. The van der Waals surface area contributed by atoms with Gasteiger partial charge < -0.3 is 15.8 Å². The zero-order valence-electron chi connectivity index (χ0n) is 15.6. The summed E-state index contributed by atoms with van der Waals surface area (Å²) in [5, 5.41) is 3.28. The molecule has 1 heterocycles. The Morgan fingerprint density at radius 1 is 1.03 bits per heavy atom. The number of benzene rings is 2. The van der Waals surface area contributed by atoms with Gasteiger partial charge in [0.15, 0.2) is 6.61 Å². The first kappa shape index (κ1) is 18.6. The first-order chi connectivity index (χ1) is 14.0. The Balaban J connectivity index is 1.53. The lowest BCUT2D eigenvalue weighted by Gasteiger charge is -2.13.